The molecule has 0 spiro atoms. The third kappa shape index (κ3) is 2.59. The molecule has 4 heteroatoms. The minimum atomic E-state index is -0.249. The maximum absolute atomic E-state index is 13.3. The topological polar surface area (TPSA) is 34.0 Å². The van der Waals surface area contributed by atoms with Gasteiger partial charge in [-0.2, -0.15) is 0 Å². The van der Waals surface area contributed by atoms with Crippen molar-refractivity contribution in [3.63, 3.8) is 0 Å². The summed E-state index contributed by atoms with van der Waals surface area (Å²) in [5.74, 6) is -0.413. The highest BCUT2D eigenvalue weighted by Gasteiger charge is 2.08. The monoisotopic (exact) mass is 246 g/mol. The minimum Gasteiger partial charge on any atom is -0.347 e. The van der Waals surface area contributed by atoms with Crippen LogP contribution in [0.3, 0.4) is 0 Å². The Hall–Kier alpha value is -2.10. The fraction of sp³-hybridized carbons (Fsp3) is 0.214. The zero-order valence-electron chi connectivity index (χ0n) is 10.4. The van der Waals surface area contributed by atoms with Gasteiger partial charge in [0.25, 0.3) is 5.91 Å². The Labute approximate surface area is 105 Å². The first-order valence-electron chi connectivity index (χ1n) is 5.72. The van der Waals surface area contributed by atoms with Crippen molar-refractivity contribution in [2.45, 2.75) is 13.5 Å². The normalized spacial score (nSPS) is 10.4. The molecule has 2 rings (SSSR count). The molecule has 0 aliphatic heterocycles. The number of aromatic nitrogens is 1. The van der Waals surface area contributed by atoms with Crippen molar-refractivity contribution in [1.29, 1.82) is 0 Å². The van der Waals surface area contributed by atoms with Gasteiger partial charge in [-0.1, -0.05) is 12.1 Å². The molecular formula is C14H15FN2O. The SMILES string of the molecule is Cc1ccc(CNC(=O)c2cccn2C)cc1F. The molecule has 2 aromatic rings. The second-order valence-electron chi connectivity index (χ2n) is 4.27. The van der Waals surface area contributed by atoms with E-state index >= 15 is 0 Å². The Kier molecular flexibility index (Phi) is 3.46. The van der Waals surface area contributed by atoms with Crippen LogP contribution >= 0.6 is 0 Å². The molecule has 1 N–H and O–H groups in total. The molecule has 0 fully saturated rings. The molecule has 0 radical (unpaired) electrons. The molecule has 1 aromatic heterocycles. The van der Waals surface area contributed by atoms with Crippen LogP contribution in [0.4, 0.5) is 4.39 Å². The molecule has 0 unspecified atom stereocenters. The zero-order valence-corrected chi connectivity index (χ0v) is 10.4. The third-order valence-corrected chi connectivity index (χ3v) is 2.87. The van der Waals surface area contributed by atoms with Crippen LogP contribution in [0, 0.1) is 12.7 Å². The fourth-order valence-corrected chi connectivity index (χ4v) is 1.72. The van der Waals surface area contributed by atoms with Crippen molar-refractivity contribution >= 4 is 5.91 Å². The average Bonchev–Trinajstić information content (AvgIpc) is 2.77. The van der Waals surface area contributed by atoms with Crippen LogP contribution < -0.4 is 5.32 Å². The number of halogens is 1. The number of carbonyl (C=O) groups excluding carboxylic acids is 1. The molecule has 1 aromatic carbocycles. The van der Waals surface area contributed by atoms with E-state index < -0.39 is 0 Å². The van der Waals surface area contributed by atoms with E-state index in [2.05, 4.69) is 5.32 Å². The number of nitrogens with zero attached hydrogens (tertiary/aromatic N) is 1. The quantitative estimate of drug-likeness (QED) is 0.886. The van der Waals surface area contributed by atoms with Crippen molar-refractivity contribution < 1.29 is 9.18 Å². The molecule has 1 amide bonds. The molecule has 1 heterocycles. The summed E-state index contributed by atoms with van der Waals surface area (Å²) in [6.07, 6.45) is 1.81. The van der Waals surface area contributed by atoms with E-state index in [1.807, 2.05) is 6.07 Å². The lowest BCUT2D eigenvalue weighted by atomic mass is 10.1. The van der Waals surface area contributed by atoms with E-state index in [0.29, 0.717) is 17.8 Å². The first-order chi connectivity index (χ1) is 8.58. The van der Waals surface area contributed by atoms with E-state index in [1.54, 1.807) is 42.9 Å². The highest BCUT2D eigenvalue weighted by Crippen LogP contribution is 2.09. The summed E-state index contributed by atoms with van der Waals surface area (Å²) in [4.78, 5) is 11.8. The predicted octanol–water partition coefficient (Wildman–Crippen LogP) is 2.40. The van der Waals surface area contributed by atoms with Crippen molar-refractivity contribution in [3.8, 4) is 0 Å². The fourth-order valence-electron chi connectivity index (χ4n) is 1.72. The van der Waals surface area contributed by atoms with Gasteiger partial charge < -0.3 is 9.88 Å². The third-order valence-electron chi connectivity index (χ3n) is 2.87. The van der Waals surface area contributed by atoms with Gasteiger partial charge in [0, 0.05) is 19.8 Å². The van der Waals surface area contributed by atoms with Crippen LogP contribution in [0.25, 0.3) is 0 Å². The van der Waals surface area contributed by atoms with Crippen molar-refractivity contribution in [2.75, 3.05) is 0 Å². The minimum absolute atomic E-state index is 0.163. The zero-order chi connectivity index (χ0) is 13.1. The van der Waals surface area contributed by atoms with Gasteiger partial charge in [0.05, 0.1) is 0 Å². The van der Waals surface area contributed by atoms with Gasteiger partial charge >= 0.3 is 0 Å². The number of nitrogens with one attached hydrogen (secondary N) is 1. The number of benzene rings is 1. The molecular weight excluding hydrogens is 231 g/mol. The van der Waals surface area contributed by atoms with Crippen molar-refractivity contribution in [1.82, 2.24) is 9.88 Å². The lowest BCUT2D eigenvalue weighted by Gasteiger charge is -2.07. The number of rotatable bonds is 3. The Morgan fingerprint density at radius 2 is 2.17 bits per heavy atom. The Bertz CT molecular complexity index is 575. The molecule has 18 heavy (non-hydrogen) atoms. The van der Waals surface area contributed by atoms with Crippen LogP contribution in [0.15, 0.2) is 36.5 Å². The number of hydrogen-bond donors (Lipinski definition) is 1. The van der Waals surface area contributed by atoms with Gasteiger partial charge in [-0.25, -0.2) is 4.39 Å². The van der Waals surface area contributed by atoms with Crippen molar-refractivity contribution in [2.24, 2.45) is 7.05 Å². The van der Waals surface area contributed by atoms with Crippen molar-refractivity contribution in [3.05, 3.63) is 59.2 Å². The van der Waals surface area contributed by atoms with E-state index in [4.69, 9.17) is 0 Å². The van der Waals surface area contributed by atoms with Crippen LogP contribution in [-0.4, -0.2) is 10.5 Å². The maximum atomic E-state index is 13.3. The Morgan fingerprint density at radius 1 is 1.39 bits per heavy atom. The van der Waals surface area contributed by atoms with Crippen LogP contribution in [0.2, 0.25) is 0 Å². The number of hydrogen-bond acceptors (Lipinski definition) is 1. The summed E-state index contributed by atoms with van der Waals surface area (Å²) >= 11 is 0. The van der Waals surface area contributed by atoms with E-state index in [-0.39, 0.29) is 11.7 Å². The van der Waals surface area contributed by atoms with Gasteiger partial charge in [-0.05, 0) is 36.2 Å². The number of carbonyl (C=O) groups is 1. The van der Waals surface area contributed by atoms with E-state index in [0.717, 1.165) is 5.56 Å². The molecule has 0 saturated carbocycles. The summed E-state index contributed by atoms with van der Waals surface area (Å²) < 4.78 is 15.1. The smallest absolute Gasteiger partial charge is 0.268 e. The van der Waals surface area contributed by atoms with E-state index in [1.165, 1.54) is 6.07 Å². The molecule has 0 atom stereocenters. The Morgan fingerprint density at radius 3 is 2.78 bits per heavy atom. The molecule has 0 saturated heterocycles. The standard InChI is InChI=1S/C14H15FN2O/c1-10-5-6-11(8-12(10)15)9-16-14(18)13-4-3-7-17(13)2/h3-8H,9H2,1-2H3,(H,16,18). The van der Waals surface area contributed by atoms with Crippen LogP contribution in [0.5, 0.6) is 0 Å². The summed E-state index contributed by atoms with van der Waals surface area (Å²) in [7, 11) is 1.81. The lowest BCUT2D eigenvalue weighted by molar-refractivity contribution is 0.0942. The first kappa shape index (κ1) is 12.4. The predicted molar refractivity (Wildman–Crippen MR) is 67.7 cm³/mol. The second-order valence-corrected chi connectivity index (χ2v) is 4.27. The molecule has 0 aliphatic carbocycles. The molecule has 94 valence electrons. The largest absolute Gasteiger partial charge is 0.347 e. The second kappa shape index (κ2) is 5.04. The summed E-state index contributed by atoms with van der Waals surface area (Å²) in [5, 5.41) is 2.76. The van der Waals surface area contributed by atoms with Gasteiger partial charge in [0.1, 0.15) is 11.5 Å². The molecule has 0 aliphatic rings. The molecule has 0 bridgehead atoms. The van der Waals surface area contributed by atoms with Crippen LogP contribution in [0.1, 0.15) is 21.6 Å². The first-order valence-corrected chi connectivity index (χ1v) is 5.72. The summed E-state index contributed by atoms with van der Waals surface area (Å²) in [5.41, 5.74) is 1.94. The van der Waals surface area contributed by atoms with Gasteiger partial charge in [0.15, 0.2) is 0 Å². The number of aryl methyl sites for hydroxylation is 2. The van der Waals surface area contributed by atoms with Gasteiger partial charge in [-0.15, -0.1) is 0 Å². The maximum Gasteiger partial charge on any atom is 0.268 e. The van der Waals surface area contributed by atoms with Gasteiger partial charge in [-0.3, -0.25) is 4.79 Å². The number of amides is 1. The summed E-state index contributed by atoms with van der Waals surface area (Å²) in [6.45, 7) is 2.03. The highest BCUT2D eigenvalue weighted by atomic mass is 19.1. The van der Waals surface area contributed by atoms with Gasteiger partial charge in [0.2, 0.25) is 0 Å². The highest BCUT2D eigenvalue weighted by molar-refractivity contribution is 5.92. The van der Waals surface area contributed by atoms with Crippen LogP contribution in [-0.2, 0) is 13.6 Å². The summed E-state index contributed by atoms with van der Waals surface area (Å²) in [6, 6.07) is 8.51. The lowest BCUT2D eigenvalue weighted by Crippen LogP contribution is -2.24. The Balaban J connectivity index is 2.02. The average molecular weight is 246 g/mol. The molecule has 3 nitrogen and oxygen atoms in total. The van der Waals surface area contributed by atoms with E-state index in [9.17, 15) is 9.18 Å².